The number of esters is 1. The summed E-state index contributed by atoms with van der Waals surface area (Å²) in [6.07, 6.45) is 0.800. The van der Waals surface area contributed by atoms with Gasteiger partial charge in [0.15, 0.2) is 0 Å². The van der Waals surface area contributed by atoms with E-state index < -0.39 is 33.9 Å². The van der Waals surface area contributed by atoms with Crippen molar-refractivity contribution in [2.75, 3.05) is 24.7 Å². The number of nitrogens with zero attached hydrogens (tertiary/aromatic N) is 1. The van der Waals surface area contributed by atoms with Gasteiger partial charge >= 0.3 is 5.97 Å². The Morgan fingerprint density at radius 1 is 1.06 bits per heavy atom. The van der Waals surface area contributed by atoms with Crippen LogP contribution in [0.1, 0.15) is 35.6 Å². The molecule has 1 fully saturated rings. The van der Waals surface area contributed by atoms with Gasteiger partial charge in [-0.3, -0.25) is 9.59 Å². The molecule has 0 aromatic heterocycles. The van der Waals surface area contributed by atoms with Crippen LogP contribution in [0.2, 0.25) is 0 Å². The molecule has 0 saturated carbocycles. The summed E-state index contributed by atoms with van der Waals surface area (Å²) in [4.78, 5) is 25.9. The first-order chi connectivity index (χ1) is 14.6. The number of sulfonamides is 1. The quantitative estimate of drug-likeness (QED) is 0.691. The number of carbonyl (C=O) groups excluding carboxylic acids is 2. The molecule has 1 atom stereocenters. The lowest BCUT2D eigenvalue weighted by Gasteiger charge is -2.30. The van der Waals surface area contributed by atoms with Gasteiger partial charge in [0.05, 0.1) is 12.2 Å². The Bertz CT molecular complexity index is 1040. The summed E-state index contributed by atoms with van der Waals surface area (Å²) in [6, 6.07) is 14.6. The van der Waals surface area contributed by atoms with Gasteiger partial charge in [0.2, 0.25) is 16.1 Å². The molecular weight excluding hydrogens is 416 g/mol. The molecule has 0 bridgehead atoms. The van der Waals surface area contributed by atoms with E-state index in [-0.39, 0.29) is 13.1 Å². The molecule has 2 aromatic carbocycles. The molecule has 8 heteroatoms. The number of piperidine rings is 1. The first kappa shape index (κ1) is 23.0. The monoisotopic (exact) mass is 444 g/mol. The van der Waals surface area contributed by atoms with Crippen LogP contribution in [-0.2, 0) is 24.3 Å². The van der Waals surface area contributed by atoms with Crippen LogP contribution in [0.15, 0.2) is 48.5 Å². The van der Waals surface area contributed by atoms with Crippen LogP contribution in [-0.4, -0.2) is 43.9 Å². The van der Waals surface area contributed by atoms with Crippen molar-refractivity contribution in [1.82, 2.24) is 4.31 Å². The van der Waals surface area contributed by atoms with Crippen molar-refractivity contribution in [3.63, 3.8) is 0 Å². The number of carbonyl (C=O) groups is 2. The Morgan fingerprint density at radius 2 is 1.71 bits per heavy atom. The van der Waals surface area contributed by atoms with E-state index in [2.05, 4.69) is 5.32 Å². The molecule has 166 valence electrons. The minimum Gasteiger partial charge on any atom is -0.447 e. The van der Waals surface area contributed by atoms with Gasteiger partial charge in [-0.05, 0) is 43.9 Å². The minimum absolute atomic E-state index is 0.267. The van der Waals surface area contributed by atoms with Gasteiger partial charge < -0.3 is 10.1 Å². The van der Waals surface area contributed by atoms with E-state index in [1.54, 1.807) is 24.3 Å². The zero-order valence-electron chi connectivity index (χ0n) is 18.0. The lowest BCUT2D eigenvalue weighted by molar-refractivity contribution is -0.160. The average molecular weight is 445 g/mol. The van der Waals surface area contributed by atoms with Crippen molar-refractivity contribution in [3.8, 4) is 0 Å². The highest BCUT2D eigenvalue weighted by molar-refractivity contribution is 7.88. The predicted molar refractivity (Wildman–Crippen MR) is 119 cm³/mol. The maximum Gasteiger partial charge on any atom is 0.310 e. The van der Waals surface area contributed by atoms with Crippen LogP contribution in [0.25, 0.3) is 0 Å². The Morgan fingerprint density at radius 3 is 2.32 bits per heavy atom. The SMILES string of the molecule is Cc1ccc(C)c(NC(=O)[C@@H](OC(=O)C2CCN(S(C)(=O)=O)CC2)c2ccccc2)c1. The number of ether oxygens (including phenoxy) is 1. The van der Waals surface area contributed by atoms with Crippen LogP contribution in [0.3, 0.4) is 0 Å². The second-order valence-electron chi connectivity index (χ2n) is 7.97. The largest absolute Gasteiger partial charge is 0.447 e. The summed E-state index contributed by atoms with van der Waals surface area (Å²) in [5.74, 6) is -1.36. The maximum absolute atomic E-state index is 13.1. The first-order valence-electron chi connectivity index (χ1n) is 10.2. The van der Waals surface area contributed by atoms with Crippen molar-refractivity contribution < 1.29 is 22.7 Å². The van der Waals surface area contributed by atoms with E-state index in [4.69, 9.17) is 4.74 Å². The average Bonchev–Trinajstić information content (AvgIpc) is 2.74. The van der Waals surface area contributed by atoms with Crippen molar-refractivity contribution in [3.05, 3.63) is 65.2 Å². The third kappa shape index (κ3) is 5.92. The van der Waals surface area contributed by atoms with E-state index >= 15 is 0 Å². The van der Waals surface area contributed by atoms with Gasteiger partial charge in [-0.2, -0.15) is 0 Å². The smallest absolute Gasteiger partial charge is 0.310 e. The Labute approximate surface area is 183 Å². The molecule has 0 spiro atoms. The second kappa shape index (κ2) is 9.62. The summed E-state index contributed by atoms with van der Waals surface area (Å²) in [7, 11) is -3.28. The molecule has 1 aliphatic rings. The van der Waals surface area contributed by atoms with Gasteiger partial charge in [-0.15, -0.1) is 0 Å². The number of hydrogen-bond donors (Lipinski definition) is 1. The molecule has 1 amide bonds. The van der Waals surface area contributed by atoms with E-state index in [0.717, 1.165) is 17.4 Å². The highest BCUT2D eigenvalue weighted by Gasteiger charge is 2.33. The van der Waals surface area contributed by atoms with Crippen molar-refractivity contribution in [1.29, 1.82) is 0 Å². The predicted octanol–water partition coefficient (Wildman–Crippen LogP) is 3.20. The standard InChI is InChI=1S/C23H28N2O5S/c1-16-9-10-17(2)20(15-16)24-22(26)21(18-7-5-4-6-8-18)30-23(27)19-11-13-25(14-12-19)31(3,28)29/h4-10,15,19,21H,11-14H2,1-3H3,(H,24,26)/t21-/m0/s1. The molecule has 1 heterocycles. The summed E-state index contributed by atoms with van der Waals surface area (Å²) < 4.78 is 30.4. The van der Waals surface area contributed by atoms with Gasteiger partial charge in [0.25, 0.3) is 5.91 Å². The number of rotatable bonds is 6. The number of nitrogens with one attached hydrogen (secondary N) is 1. The van der Waals surface area contributed by atoms with Crippen LogP contribution in [0.5, 0.6) is 0 Å². The molecule has 0 radical (unpaired) electrons. The van der Waals surface area contributed by atoms with Crippen LogP contribution >= 0.6 is 0 Å². The Balaban J connectivity index is 1.75. The van der Waals surface area contributed by atoms with Gasteiger partial charge in [0, 0.05) is 24.3 Å². The summed E-state index contributed by atoms with van der Waals surface area (Å²) >= 11 is 0. The van der Waals surface area contributed by atoms with Gasteiger partial charge in [0.1, 0.15) is 0 Å². The lowest BCUT2D eigenvalue weighted by atomic mass is 9.98. The highest BCUT2D eigenvalue weighted by atomic mass is 32.2. The minimum atomic E-state index is -3.28. The molecule has 1 N–H and O–H groups in total. The fourth-order valence-corrected chi connectivity index (χ4v) is 4.48. The topological polar surface area (TPSA) is 92.8 Å². The molecule has 7 nitrogen and oxygen atoms in total. The van der Waals surface area contributed by atoms with Crippen molar-refractivity contribution in [2.45, 2.75) is 32.8 Å². The molecular formula is C23H28N2O5S. The number of amides is 1. The third-order valence-electron chi connectivity index (χ3n) is 5.48. The van der Waals surface area contributed by atoms with Gasteiger partial charge in [-0.25, -0.2) is 12.7 Å². The molecule has 1 aliphatic heterocycles. The maximum atomic E-state index is 13.1. The Hall–Kier alpha value is -2.71. The third-order valence-corrected chi connectivity index (χ3v) is 6.78. The number of benzene rings is 2. The van der Waals surface area contributed by atoms with Gasteiger partial charge in [-0.1, -0.05) is 42.5 Å². The molecule has 2 aromatic rings. The van der Waals surface area contributed by atoms with E-state index in [1.165, 1.54) is 4.31 Å². The van der Waals surface area contributed by atoms with Crippen molar-refractivity contribution >= 4 is 27.6 Å². The van der Waals surface area contributed by atoms with Crippen LogP contribution in [0.4, 0.5) is 5.69 Å². The molecule has 1 saturated heterocycles. The Kier molecular flexibility index (Phi) is 7.12. The first-order valence-corrected chi connectivity index (χ1v) is 12.1. The molecule has 0 aliphatic carbocycles. The fourth-order valence-electron chi connectivity index (χ4n) is 3.61. The normalized spacial score (nSPS) is 16.5. The summed E-state index contributed by atoms with van der Waals surface area (Å²) in [5.41, 5.74) is 3.16. The number of hydrogen-bond acceptors (Lipinski definition) is 5. The summed E-state index contributed by atoms with van der Waals surface area (Å²) in [5, 5.41) is 2.88. The van der Waals surface area contributed by atoms with E-state index in [0.29, 0.717) is 24.1 Å². The lowest BCUT2D eigenvalue weighted by Crippen LogP contribution is -2.40. The van der Waals surface area contributed by atoms with Crippen LogP contribution < -0.4 is 5.32 Å². The van der Waals surface area contributed by atoms with E-state index in [9.17, 15) is 18.0 Å². The fraction of sp³-hybridized carbons (Fsp3) is 0.391. The molecule has 31 heavy (non-hydrogen) atoms. The summed E-state index contributed by atoms with van der Waals surface area (Å²) in [6.45, 7) is 4.37. The molecule has 0 unspecified atom stereocenters. The number of aryl methyl sites for hydroxylation is 2. The zero-order valence-corrected chi connectivity index (χ0v) is 18.8. The number of anilines is 1. The van der Waals surface area contributed by atoms with Crippen molar-refractivity contribution in [2.24, 2.45) is 5.92 Å². The second-order valence-corrected chi connectivity index (χ2v) is 9.95. The molecule has 3 rings (SSSR count). The highest BCUT2D eigenvalue weighted by Crippen LogP contribution is 2.26. The van der Waals surface area contributed by atoms with Crippen LogP contribution in [0, 0.1) is 19.8 Å². The zero-order chi connectivity index (χ0) is 22.6. The van der Waals surface area contributed by atoms with E-state index in [1.807, 2.05) is 38.1 Å².